The summed E-state index contributed by atoms with van der Waals surface area (Å²) < 4.78 is 0. The van der Waals surface area contributed by atoms with E-state index in [4.69, 9.17) is 4.84 Å². The summed E-state index contributed by atoms with van der Waals surface area (Å²) in [7, 11) is 0. The SMILES string of the molecule is Cc1ccc(/C=C/C(=O)NOCc2ccccc2)c(C)c1. The molecule has 0 aliphatic heterocycles. The van der Waals surface area contributed by atoms with Crippen LogP contribution in [0.25, 0.3) is 6.08 Å². The Morgan fingerprint density at radius 2 is 1.90 bits per heavy atom. The van der Waals surface area contributed by atoms with E-state index < -0.39 is 0 Å². The van der Waals surface area contributed by atoms with Crippen LogP contribution in [0.1, 0.15) is 22.3 Å². The fraction of sp³-hybridized carbons (Fsp3) is 0.167. The first-order valence-electron chi connectivity index (χ1n) is 6.86. The summed E-state index contributed by atoms with van der Waals surface area (Å²) in [6.07, 6.45) is 3.26. The van der Waals surface area contributed by atoms with Crippen LogP contribution in [0.3, 0.4) is 0 Å². The van der Waals surface area contributed by atoms with E-state index in [2.05, 4.69) is 11.5 Å². The molecule has 3 heteroatoms. The predicted octanol–water partition coefficient (Wildman–Crippen LogP) is 3.56. The normalized spacial score (nSPS) is 10.8. The lowest BCUT2D eigenvalue weighted by Gasteiger charge is -2.04. The van der Waals surface area contributed by atoms with Crippen LogP contribution >= 0.6 is 0 Å². The average Bonchev–Trinajstić information content (AvgIpc) is 2.47. The lowest BCUT2D eigenvalue weighted by molar-refractivity contribution is -0.129. The van der Waals surface area contributed by atoms with Crippen molar-refractivity contribution in [3.05, 3.63) is 76.9 Å². The Hall–Kier alpha value is -2.39. The maximum absolute atomic E-state index is 11.7. The van der Waals surface area contributed by atoms with Gasteiger partial charge >= 0.3 is 0 Å². The molecule has 0 saturated carbocycles. The van der Waals surface area contributed by atoms with Crippen LogP contribution in [-0.2, 0) is 16.2 Å². The summed E-state index contributed by atoms with van der Waals surface area (Å²) in [6.45, 7) is 4.42. The molecule has 21 heavy (non-hydrogen) atoms. The van der Waals surface area contributed by atoms with Crippen LogP contribution in [0.15, 0.2) is 54.6 Å². The van der Waals surface area contributed by atoms with Crippen molar-refractivity contribution < 1.29 is 9.63 Å². The van der Waals surface area contributed by atoms with E-state index in [1.807, 2.05) is 56.3 Å². The van der Waals surface area contributed by atoms with E-state index >= 15 is 0 Å². The molecule has 0 bridgehead atoms. The number of benzene rings is 2. The third-order valence-electron chi connectivity index (χ3n) is 3.09. The summed E-state index contributed by atoms with van der Waals surface area (Å²) in [5, 5.41) is 0. The van der Waals surface area contributed by atoms with Crippen LogP contribution < -0.4 is 5.48 Å². The van der Waals surface area contributed by atoms with Gasteiger partial charge in [-0.25, -0.2) is 5.48 Å². The monoisotopic (exact) mass is 281 g/mol. The van der Waals surface area contributed by atoms with E-state index in [0.29, 0.717) is 6.61 Å². The second kappa shape index (κ2) is 7.41. The quantitative estimate of drug-likeness (QED) is 0.672. The Kier molecular flexibility index (Phi) is 5.29. The Labute approximate surface area is 125 Å². The van der Waals surface area contributed by atoms with Crippen LogP contribution in [0.4, 0.5) is 0 Å². The third-order valence-corrected chi connectivity index (χ3v) is 3.09. The summed E-state index contributed by atoms with van der Waals surface area (Å²) >= 11 is 0. The second-order valence-corrected chi connectivity index (χ2v) is 4.93. The van der Waals surface area contributed by atoms with E-state index in [-0.39, 0.29) is 5.91 Å². The smallest absolute Gasteiger partial charge is 0.267 e. The standard InChI is InChI=1S/C18H19NO2/c1-14-8-9-17(15(2)12-14)10-11-18(20)19-21-13-16-6-4-3-5-7-16/h3-12H,13H2,1-2H3,(H,19,20)/b11-10+. The first-order valence-corrected chi connectivity index (χ1v) is 6.86. The minimum absolute atomic E-state index is 0.272. The zero-order valence-electron chi connectivity index (χ0n) is 12.3. The van der Waals surface area contributed by atoms with Crippen LogP contribution in [0.2, 0.25) is 0 Å². The van der Waals surface area contributed by atoms with Gasteiger partial charge < -0.3 is 0 Å². The highest BCUT2D eigenvalue weighted by atomic mass is 16.6. The number of carbonyl (C=O) groups excluding carboxylic acids is 1. The fourth-order valence-electron chi connectivity index (χ4n) is 1.98. The summed E-state index contributed by atoms with van der Waals surface area (Å²) in [5.41, 5.74) is 6.79. The molecule has 0 spiro atoms. The fourth-order valence-corrected chi connectivity index (χ4v) is 1.98. The highest BCUT2D eigenvalue weighted by Gasteiger charge is 1.98. The zero-order chi connectivity index (χ0) is 15.1. The van der Waals surface area contributed by atoms with Gasteiger partial charge in [0, 0.05) is 6.08 Å². The predicted molar refractivity (Wildman–Crippen MR) is 84.3 cm³/mol. The molecule has 0 unspecified atom stereocenters. The molecule has 2 aromatic carbocycles. The Morgan fingerprint density at radius 1 is 1.14 bits per heavy atom. The zero-order valence-corrected chi connectivity index (χ0v) is 12.3. The van der Waals surface area contributed by atoms with Gasteiger partial charge in [-0.3, -0.25) is 9.63 Å². The molecule has 0 aliphatic rings. The molecule has 2 rings (SSSR count). The number of aryl methyl sites for hydroxylation is 2. The van der Waals surface area contributed by atoms with Gasteiger partial charge in [-0.15, -0.1) is 0 Å². The van der Waals surface area contributed by atoms with Gasteiger partial charge in [0.15, 0.2) is 0 Å². The number of hydrogen-bond acceptors (Lipinski definition) is 2. The van der Waals surface area contributed by atoms with Crippen LogP contribution in [0.5, 0.6) is 0 Å². The van der Waals surface area contributed by atoms with E-state index in [1.54, 1.807) is 6.08 Å². The molecule has 1 amide bonds. The van der Waals surface area contributed by atoms with E-state index in [9.17, 15) is 4.79 Å². The van der Waals surface area contributed by atoms with E-state index in [1.165, 1.54) is 11.6 Å². The number of rotatable bonds is 5. The molecule has 3 nitrogen and oxygen atoms in total. The van der Waals surface area contributed by atoms with Crippen molar-refractivity contribution >= 4 is 12.0 Å². The molecule has 108 valence electrons. The minimum atomic E-state index is -0.272. The maximum Gasteiger partial charge on any atom is 0.267 e. The summed E-state index contributed by atoms with van der Waals surface area (Å²) in [4.78, 5) is 16.8. The summed E-state index contributed by atoms with van der Waals surface area (Å²) in [5.74, 6) is -0.272. The van der Waals surface area contributed by atoms with Crippen molar-refractivity contribution in [2.75, 3.05) is 0 Å². The van der Waals surface area contributed by atoms with Gasteiger partial charge in [-0.2, -0.15) is 0 Å². The van der Waals surface area contributed by atoms with Gasteiger partial charge in [-0.05, 0) is 36.6 Å². The van der Waals surface area contributed by atoms with Crippen molar-refractivity contribution in [2.24, 2.45) is 0 Å². The summed E-state index contributed by atoms with van der Waals surface area (Å²) in [6, 6.07) is 15.8. The van der Waals surface area contributed by atoms with Crippen LogP contribution in [-0.4, -0.2) is 5.91 Å². The van der Waals surface area contributed by atoms with Gasteiger partial charge in [0.2, 0.25) is 0 Å². The molecule has 1 N–H and O–H groups in total. The minimum Gasteiger partial charge on any atom is -0.269 e. The van der Waals surface area contributed by atoms with Crippen molar-refractivity contribution in [3.8, 4) is 0 Å². The Balaban J connectivity index is 1.82. The van der Waals surface area contributed by atoms with Gasteiger partial charge in [0.25, 0.3) is 5.91 Å². The number of carbonyl (C=O) groups is 1. The second-order valence-electron chi connectivity index (χ2n) is 4.93. The number of nitrogens with one attached hydrogen (secondary N) is 1. The van der Waals surface area contributed by atoms with Gasteiger partial charge in [-0.1, -0.05) is 54.1 Å². The topological polar surface area (TPSA) is 38.3 Å². The molecule has 0 aliphatic carbocycles. The van der Waals surface area contributed by atoms with Crippen molar-refractivity contribution in [2.45, 2.75) is 20.5 Å². The molecule has 0 radical (unpaired) electrons. The van der Waals surface area contributed by atoms with Crippen molar-refractivity contribution in [1.29, 1.82) is 0 Å². The highest BCUT2D eigenvalue weighted by Crippen LogP contribution is 2.11. The van der Waals surface area contributed by atoms with Crippen molar-refractivity contribution in [3.63, 3.8) is 0 Å². The highest BCUT2D eigenvalue weighted by molar-refractivity contribution is 5.91. The number of hydrogen-bond donors (Lipinski definition) is 1. The Morgan fingerprint density at radius 3 is 2.62 bits per heavy atom. The lowest BCUT2D eigenvalue weighted by atomic mass is 10.1. The molecular weight excluding hydrogens is 262 g/mol. The lowest BCUT2D eigenvalue weighted by Crippen LogP contribution is -2.21. The van der Waals surface area contributed by atoms with Crippen LogP contribution in [0, 0.1) is 13.8 Å². The number of hydroxylamine groups is 1. The molecule has 0 aromatic heterocycles. The molecule has 0 saturated heterocycles. The van der Waals surface area contributed by atoms with Crippen molar-refractivity contribution in [1.82, 2.24) is 5.48 Å². The molecule has 0 fully saturated rings. The first kappa shape index (κ1) is 15.0. The van der Waals surface area contributed by atoms with Gasteiger partial charge in [0.1, 0.15) is 0 Å². The largest absolute Gasteiger partial charge is 0.269 e. The molecule has 2 aromatic rings. The third kappa shape index (κ3) is 4.89. The molecule has 0 atom stereocenters. The first-order chi connectivity index (χ1) is 10.1. The molecular formula is C18H19NO2. The van der Waals surface area contributed by atoms with E-state index in [0.717, 1.165) is 16.7 Å². The molecule has 0 heterocycles. The maximum atomic E-state index is 11.7. The average molecular weight is 281 g/mol. The Bertz CT molecular complexity index is 633. The van der Waals surface area contributed by atoms with Gasteiger partial charge in [0.05, 0.1) is 6.61 Å². The number of amides is 1.